The average Bonchev–Trinajstić information content (AvgIpc) is 2.90. The molecule has 0 atom stereocenters. The number of aromatic nitrogens is 1. The van der Waals surface area contributed by atoms with Gasteiger partial charge in [0.2, 0.25) is 0 Å². The fourth-order valence-corrected chi connectivity index (χ4v) is 6.06. The summed E-state index contributed by atoms with van der Waals surface area (Å²) in [6, 6.07) is 9.91. The van der Waals surface area contributed by atoms with Gasteiger partial charge in [-0.3, -0.25) is 9.59 Å². The molecule has 0 saturated carbocycles. The van der Waals surface area contributed by atoms with E-state index in [1.807, 2.05) is 6.07 Å². The number of pyridine rings is 1. The van der Waals surface area contributed by atoms with Gasteiger partial charge in [-0.15, -0.1) is 11.8 Å². The van der Waals surface area contributed by atoms with E-state index in [9.17, 15) is 40.3 Å². The van der Waals surface area contributed by atoms with E-state index in [-0.39, 0.29) is 34.3 Å². The van der Waals surface area contributed by atoms with Crippen LogP contribution in [0.5, 0.6) is 0 Å². The fraction of sp³-hybridized carbons (Fsp3) is 0.214. The maximum absolute atomic E-state index is 14.0. The maximum Gasteiger partial charge on any atom is 0.416 e. The van der Waals surface area contributed by atoms with Gasteiger partial charge in [0.1, 0.15) is 11.4 Å². The van der Waals surface area contributed by atoms with Crippen molar-refractivity contribution in [2.24, 2.45) is 0 Å². The van der Waals surface area contributed by atoms with Gasteiger partial charge in [-0.05, 0) is 47.5 Å². The monoisotopic (exact) mass is 614 g/mol. The molecule has 13 heteroatoms. The molecule has 41 heavy (non-hydrogen) atoms. The van der Waals surface area contributed by atoms with Crippen LogP contribution >= 0.6 is 23.4 Å². The lowest BCUT2D eigenvalue weighted by molar-refractivity contribution is -0.143. The molecule has 1 aromatic heterocycles. The summed E-state index contributed by atoms with van der Waals surface area (Å²) in [5.74, 6) is -1.15. The number of halogens is 8. The zero-order chi connectivity index (χ0) is 29.9. The number of nitrogens with zero attached hydrogens (tertiary/aromatic N) is 2. The number of benzene rings is 3. The normalized spacial score (nSPS) is 13.5. The summed E-state index contributed by atoms with van der Waals surface area (Å²) in [5, 5.41) is 0.208. The van der Waals surface area contributed by atoms with Crippen LogP contribution < -0.4 is 5.56 Å². The van der Waals surface area contributed by atoms with Gasteiger partial charge in [-0.1, -0.05) is 29.8 Å². The summed E-state index contributed by atoms with van der Waals surface area (Å²) in [5.41, 5.74) is -3.62. The molecule has 0 fully saturated rings. The number of aryl methyl sites for hydroxylation is 1. The molecule has 1 aliphatic rings. The highest BCUT2D eigenvalue weighted by Crippen LogP contribution is 2.40. The third-order valence-electron chi connectivity index (χ3n) is 6.66. The van der Waals surface area contributed by atoms with Crippen LogP contribution in [-0.2, 0) is 25.4 Å². The Bertz CT molecular complexity index is 1730. The maximum atomic E-state index is 14.0. The van der Waals surface area contributed by atoms with E-state index in [1.165, 1.54) is 35.5 Å². The molecule has 1 amide bonds. The van der Waals surface area contributed by atoms with Crippen molar-refractivity contribution in [2.45, 2.75) is 30.3 Å². The van der Waals surface area contributed by atoms with Gasteiger partial charge in [-0.25, -0.2) is 4.39 Å². The molecule has 0 saturated heterocycles. The first-order valence-electron chi connectivity index (χ1n) is 12.0. The quantitative estimate of drug-likeness (QED) is 0.220. The van der Waals surface area contributed by atoms with Crippen molar-refractivity contribution < 1.29 is 35.5 Å². The predicted octanol–water partition coefficient (Wildman–Crippen LogP) is 7.88. The van der Waals surface area contributed by atoms with Crippen molar-refractivity contribution in [3.63, 3.8) is 0 Å². The first-order valence-corrected chi connectivity index (χ1v) is 13.3. The number of carbonyl (C=O) groups is 1. The number of hydrogen-bond donors (Lipinski definition) is 0. The molecule has 5 rings (SSSR count). The molecule has 0 unspecified atom stereocenters. The SMILES string of the molecule is CN(Cc1cc(C(F)(F)F)cc(C(F)(F)F)c1)C(=O)c1c(-c2ccc(F)c(Cl)c2)c2cccc3c2n(c1=O)CCS3. The Hall–Kier alpha value is -3.51. The number of hydrogen-bond acceptors (Lipinski definition) is 3. The van der Waals surface area contributed by atoms with Gasteiger partial charge in [0.05, 0.1) is 21.7 Å². The Labute approximate surface area is 237 Å². The van der Waals surface area contributed by atoms with Crippen molar-refractivity contribution in [1.82, 2.24) is 9.47 Å². The van der Waals surface area contributed by atoms with Gasteiger partial charge in [0, 0.05) is 41.7 Å². The highest BCUT2D eigenvalue weighted by atomic mass is 35.5. The van der Waals surface area contributed by atoms with Crippen molar-refractivity contribution in [2.75, 3.05) is 12.8 Å². The van der Waals surface area contributed by atoms with E-state index in [4.69, 9.17) is 11.6 Å². The predicted molar refractivity (Wildman–Crippen MR) is 142 cm³/mol. The third-order valence-corrected chi connectivity index (χ3v) is 7.97. The summed E-state index contributed by atoms with van der Waals surface area (Å²) in [7, 11) is 1.17. The van der Waals surface area contributed by atoms with Crippen LogP contribution in [0.1, 0.15) is 27.0 Å². The minimum absolute atomic E-state index is 0.00221. The number of rotatable bonds is 4. The number of alkyl halides is 6. The summed E-state index contributed by atoms with van der Waals surface area (Å²) < 4.78 is 95.8. The average molecular weight is 615 g/mol. The Morgan fingerprint density at radius 3 is 2.27 bits per heavy atom. The smallest absolute Gasteiger partial charge is 0.337 e. The first-order chi connectivity index (χ1) is 19.2. The molecule has 2 heterocycles. The second kappa shape index (κ2) is 10.4. The first kappa shape index (κ1) is 29.0. The fourth-order valence-electron chi connectivity index (χ4n) is 4.85. The largest absolute Gasteiger partial charge is 0.416 e. The molecule has 0 spiro atoms. The van der Waals surface area contributed by atoms with E-state index >= 15 is 0 Å². The Morgan fingerprint density at radius 2 is 1.66 bits per heavy atom. The summed E-state index contributed by atoms with van der Waals surface area (Å²) in [6.07, 6.45) is -10.1. The Balaban J connectivity index is 1.68. The molecule has 4 nitrogen and oxygen atoms in total. The van der Waals surface area contributed by atoms with Crippen LogP contribution in [0.2, 0.25) is 5.02 Å². The molecule has 0 radical (unpaired) electrons. The van der Waals surface area contributed by atoms with E-state index in [0.717, 1.165) is 15.9 Å². The number of amides is 1. The lowest BCUT2D eigenvalue weighted by Crippen LogP contribution is -2.36. The van der Waals surface area contributed by atoms with Crippen LogP contribution in [0.4, 0.5) is 30.7 Å². The molecule has 0 bridgehead atoms. The van der Waals surface area contributed by atoms with Crippen molar-refractivity contribution in [1.29, 1.82) is 0 Å². The molecule has 214 valence electrons. The number of carbonyl (C=O) groups excluding carboxylic acids is 1. The van der Waals surface area contributed by atoms with Crippen molar-refractivity contribution >= 4 is 40.2 Å². The highest BCUT2D eigenvalue weighted by Gasteiger charge is 2.37. The van der Waals surface area contributed by atoms with Gasteiger partial charge >= 0.3 is 12.4 Å². The molecular formula is C28H18ClF7N2O2S. The van der Waals surface area contributed by atoms with E-state index < -0.39 is 52.9 Å². The van der Waals surface area contributed by atoms with Crippen LogP contribution in [0, 0.1) is 5.82 Å². The third kappa shape index (κ3) is 5.42. The molecule has 4 aromatic rings. The zero-order valence-corrected chi connectivity index (χ0v) is 22.5. The van der Waals surface area contributed by atoms with Crippen LogP contribution in [0.15, 0.2) is 64.3 Å². The standard InChI is InChI=1S/C28H18ClF7N2O2S/c1-37(13-14-9-16(27(31,32)33)12-17(10-14)28(34,35)36)25(39)23-22(15-5-6-20(30)19(29)11-15)18-3-2-4-21-24(18)38(26(23)40)7-8-41-21/h2-6,9-12H,7-8,13H2,1H3. The van der Waals surface area contributed by atoms with Gasteiger partial charge in [0.15, 0.2) is 0 Å². The number of thioether (sulfide) groups is 1. The van der Waals surface area contributed by atoms with Gasteiger partial charge < -0.3 is 9.47 Å². The highest BCUT2D eigenvalue weighted by molar-refractivity contribution is 7.99. The second-order valence-corrected chi connectivity index (χ2v) is 11.0. The Kier molecular flexibility index (Phi) is 7.35. The number of para-hydroxylation sites is 1. The summed E-state index contributed by atoms with van der Waals surface area (Å²) in [6.45, 7) is -0.406. The lowest BCUT2D eigenvalue weighted by atomic mass is 9.94. The van der Waals surface area contributed by atoms with Gasteiger partial charge in [-0.2, -0.15) is 26.3 Å². The van der Waals surface area contributed by atoms with E-state index in [0.29, 0.717) is 28.8 Å². The second-order valence-electron chi connectivity index (χ2n) is 9.41. The van der Waals surface area contributed by atoms with Crippen LogP contribution in [0.3, 0.4) is 0 Å². The van der Waals surface area contributed by atoms with Gasteiger partial charge in [0.25, 0.3) is 11.5 Å². The Morgan fingerprint density at radius 1 is 1.00 bits per heavy atom. The lowest BCUT2D eigenvalue weighted by Gasteiger charge is -2.25. The van der Waals surface area contributed by atoms with Crippen LogP contribution in [0.25, 0.3) is 22.0 Å². The summed E-state index contributed by atoms with van der Waals surface area (Å²) >= 11 is 7.52. The molecular weight excluding hydrogens is 597 g/mol. The summed E-state index contributed by atoms with van der Waals surface area (Å²) in [4.78, 5) is 29.3. The molecule has 0 aliphatic carbocycles. The molecule has 1 aliphatic heterocycles. The molecule has 0 N–H and O–H groups in total. The van der Waals surface area contributed by atoms with Crippen LogP contribution in [-0.4, -0.2) is 28.2 Å². The molecule has 3 aromatic carbocycles. The zero-order valence-electron chi connectivity index (χ0n) is 21.0. The minimum atomic E-state index is -5.07. The van der Waals surface area contributed by atoms with E-state index in [2.05, 4.69) is 0 Å². The van der Waals surface area contributed by atoms with E-state index in [1.54, 1.807) is 12.1 Å². The topological polar surface area (TPSA) is 42.3 Å². The minimum Gasteiger partial charge on any atom is -0.337 e. The van der Waals surface area contributed by atoms with Crippen molar-refractivity contribution in [3.8, 4) is 11.1 Å². The van der Waals surface area contributed by atoms with Crippen molar-refractivity contribution in [3.05, 3.63) is 98.0 Å².